The zero-order valence-corrected chi connectivity index (χ0v) is 19.6. The van der Waals surface area contributed by atoms with Crippen molar-refractivity contribution < 1.29 is 9.53 Å². The standard InChI is InChI=1S/C25H26N8O2/c1-17-4-3-5-20(14-17)27-22(34)19-7-6-18(2)21(15-19)28-23-29-24(32-10-12-35-13-11-32)31-25(30-23)33-9-8-26-16-33/h3-9,14-16H,10-13H2,1-2H3,(H,27,34)(H,28,29,30,31). The van der Waals surface area contributed by atoms with Crippen LogP contribution in [-0.2, 0) is 4.74 Å². The van der Waals surface area contributed by atoms with Gasteiger partial charge in [0.1, 0.15) is 6.33 Å². The molecule has 1 saturated heterocycles. The summed E-state index contributed by atoms with van der Waals surface area (Å²) in [5, 5.41) is 6.24. The molecule has 3 heterocycles. The number of amides is 1. The molecule has 0 aliphatic carbocycles. The number of hydrogen-bond acceptors (Lipinski definition) is 8. The predicted molar refractivity (Wildman–Crippen MR) is 134 cm³/mol. The minimum Gasteiger partial charge on any atom is -0.378 e. The van der Waals surface area contributed by atoms with Crippen molar-refractivity contribution in [3.8, 4) is 5.95 Å². The number of carbonyl (C=O) groups excluding carboxylic acids is 1. The number of anilines is 4. The quantitative estimate of drug-likeness (QED) is 0.441. The minimum absolute atomic E-state index is 0.192. The van der Waals surface area contributed by atoms with Gasteiger partial charge >= 0.3 is 0 Å². The fraction of sp³-hybridized carbons (Fsp3) is 0.240. The number of nitrogens with zero attached hydrogens (tertiary/aromatic N) is 6. The van der Waals surface area contributed by atoms with Crippen molar-refractivity contribution in [2.24, 2.45) is 0 Å². The highest BCUT2D eigenvalue weighted by Crippen LogP contribution is 2.23. The summed E-state index contributed by atoms with van der Waals surface area (Å²) in [7, 11) is 0. The molecule has 2 aromatic heterocycles. The van der Waals surface area contributed by atoms with E-state index in [0.717, 1.165) is 22.5 Å². The van der Waals surface area contributed by atoms with Crippen molar-refractivity contribution in [2.75, 3.05) is 41.8 Å². The maximum absolute atomic E-state index is 12.9. The van der Waals surface area contributed by atoms with E-state index in [-0.39, 0.29) is 5.91 Å². The van der Waals surface area contributed by atoms with Crippen LogP contribution in [0.3, 0.4) is 0 Å². The fourth-order valence-electron chi connectivity index (χ4n) is 3.75. The van der Waals surface area contributed by atoms with E-state index in [2.05, 4.69) is 35.5 Å². The number of hydrogen-bond donors (Lipinski definition) is 2. The molecule has 1 aliphatic heterocycles. The van der Waals surface area contributed by atoms with Crippen molar-refractivity contribution in [2.45, 2.75) is 13.8 Å². The molecule has 10 nitrogen and oxygen atoms in total. The van der Waals surface area contributed by atoms with Crippen molar-refractivity contribution in [1.82, 2.24) is 24.5 Å². The van der Waals surface area contributed by atoms with Gasteiger partial charge in [0.05, 0.1) is 13.2 Å². The number of benzene rings is 2. The Hall–Kier alpha value is -4.31. The van der Waals surface area contributed by atoms with Crippen LogP contribution in [-0.4, -0.2) is 56.7 Å². The van der Waals surface area contributed by atoms with E-state index in [0.29, 0.717) is 49.7 Å². The monoisotopic (exact) mass is 470 g/mol. The van der Waals surface area contributed by atoms with Crippen LogP contribution in [0.2, 0.25) is 0 Å². The molecule has 1 aliphatic rings. The first-order valence-electron chi connectivity index (χ1n) is 11.4. The molecule has 0 unspecified atom stereocenters. The van der Waals surface area contributed by atoms with E-state index in [1.54, 1.807) is 35.4 Å². The van der Waals surface area contributed by atoms with Crippen LogP contribution in [0.25, 0.3) is 5.95 Å². The topological polar surface area (TPSA) is 110 Å². The average molecular weight is 471 g/mol. The molecule has 0 radical (unpaired) electrons. The zero-order chi connectivity index (χ0) is 24.2. The molecule has 35 heavy (non-hydrogen) atoms. The number of aryl methyl sites for hydroxylation is 2. The summed E-state index contributed by atoms with van der Waals surface area (Å²) in [6.45, 7) is 6.58. The Bertz CT molecular complexity index is 1330. The Labute approximate surface area is 203 Å². The maximum atomic E-state index is 12.9. The molecule has 0 saturated carbocycles. The molecule has 0 atom stereocenters. The summed E-state index contributed by atoms with van der Waals surface area (Å²) in [5.41, 5.74) is 4.04. The van der Waals surface area contributed by atoms with Crippen molar-refractivity contribution >= 4 is 29.2 Å². The smallest absolute Gasteiger partial charge is 0.255 e. The van der Waals surface area contributed by atoms with Crippen LogP contribution in [0.1, 0.15) is 21.5 Å². The number of nitrogens with one attached hydrogen (secondary N) is 2. The highest BCUT2D eigenvalue weighted by molar-refractivity contribution is 6.05. The molecular weight excluding hydrogens is 444 g/mol. The molecule has 0 bridgehead atoms. The molecule has 2 N–H and O–H groups in total. The van der Waals surface area contributed by atoms with Gasteiger partial charge in [-0.05, 0) is 49.2 Å². The van der Waals surface area contributed by atoms with Gasteiger partial charge < -0.3 is 20.3 Å². The van der Waals surface area contributed by atoms with Crippen molar-refractivity contribution in [3.05, 3.63) is 77.9 Å². The average Bonchev–Trinajstić information content (AvgIpc) is 3.41. The van der Waals surface area contributed by atoms with Gasteiger partial charge in [-0.25, -0.2) is 4.98 Å². The second-order valence-electron chi connectivity index (χ2n) is 8.31. The summed E-state index contributed by atoms with van der Waals surface area (Å²) in [6, 6.07) is 13.2. The second kappa shape index (κ2) is 9.90. The molecule has 2 aromatic carbocycles. The lowest BCUT2D eigenvalue weighted by atomic mass is 10.1. The lowest BCUT2D eigenvalue weighted by Crippen LogP contribution is -2.37. The molecular formula is C25H26N8O2. The highest BCUT2D eigenvalue weighted by Gasteiger charge is 2.18. The molecule has 5 rings (SSSR count). The first kappa shape index (κ1) is 22.5. The number of ether oxygens (including phenoxy) is 1. The molecule has 1 fully saturated rings. The zero-order valence-electron chi connectivity index (χ0n) is 19.6. The van der Waals surface area contributed by atoms with E-state index < -0.39 is 0 Å². The normalized spacial score (nSPS) is 13.5. The molecule has 0 spiro atoms. The third kappa shape index (κ3) is 5.28. The molecule has 178 valence electrons. The highest BCUT2D eigenvalue weighted by atomic mass is 16.5. The second-order valence-corrected chi connectivity index (χ2v) is 8.31. The van der Waals surface area contributed by atoms with Crippen LogP contribution in [0.4, 0.5) is 23.3 Å². The van der Waals surface area contributed by atoms with Crippen molar-refractivity contribution in [1.29, 1.82) is 0 Å². The first-order valence-corrected chi connectivity index (χ1v) is 11.4. The van der Waals surface area contributed by atoms with E-state index in [1.165, 1.54) is 0 Å². The van der Waals surface area contributed by atoms with Gasteiger partial charge in [0.25, 0.3) is 5.91 Å². The SMILES string of the molecule is Cc1cccc(NC(=O)c2ccc(C)c(Nc3nc(N4CCOCC4)nc(-n4ccnc4)n3)c2)c1. The van der Waals surface area contributed by atoms with E-state index in [1.807, 2.05) is 44.2 Å². The molecule has 4 aromatic rings. The number of morpholine rings is 1. The summed E-state index contributed by atoms with van der Waals surface area (Å²) in [5.74, 6) is 1.19. The van der Waals surface area contributed by atoms with Crippen LogP contribution in [0, 0.1) is 13.8 Å². The minimum atomic E-state index is -0.192. The Morgan fingerprint density at radius 2 is 1.83 bits per heavy atom. The van der Waals surface area contributed by atoms with Gasteiger partial charge in [-0.3, -0.25) is 9.36 Å². The van der Waals surface area contributed by atoms with E-state index in [9.17, 15) is 4.79 Å². The first-order chi connectivity index (χ1) is 17.0. The van der Waals surface area contributed by atoms with Gasteiger partial charge in [-0.1, -0.05) is 18.2 Å². The lowest BCUT2D eigenvalue weighted by molar-refractivity contribution is 0.102. The fourth-order valence-corrected chi connectivity index (χ4v) is 3.75. The van der Waals surface area contributed by atoms with Gasteiger partial charge in [0, 0.05) is 42.4 Å². The van der Waals surface area contributed by atoms with Crippen molar-refractivity contribution in [3.63, 3.8) is 0 Å². The van der Waals surface area contributed by atoms with Gasteiger partial charge in [-0.2, -0.15) is 15.0 Å². The van der Waals surface area contributed by atoms with E-state index >= 15 is 0 Å². The Balaban J connectivity index is 1.43. The number of aromatic nitrogens is 5. The summed E-state index contributed by atoms with van der Waals surface area (Å²) < 4.78 is 7.20. The Kier molecular flexibility index (Phi) is 6.36. The van der Waals surface area contributed by atoms with E-state index in [4.69, 9.17) is 4.74 Å². The summed E-state index contributed by atoms with van der Waals surface area (Å²) in [4.78, 5) is 32.9. The third-order valence-electron chi connectivity index (χ3n) is 5.66. The largest absolute Gasteiger partial charge is 0.378 e. The maximum Gasteiger partial charge on any atom is 0.255 e. The van der Waals surface area contributed by atoms with Gasteiger partial charge in [-0.15, -0.1) is 0 Å². The number of rotatable bonds is 6. The Morgan fingerprint density at radius 3 is 2.60 bits per heavy atom. The van der Waals surface area contributed by atoms with Crippen LogP contribution in [0.5, 0.6) is 0 Å². The summed E-state index contributed by atoms with van der Waals surface area (Å²) >= 11 is 0. The third-order valence-corrected chi connectivity index (χ3v) is 5.66. The van der Waals surface area contributed by atoms with Gasteiger partial charge in [0.15, 0.2) is 0 Å². The van der Waals surface area contributed by atoms with Crippen LogP contribution >= 0.6 is 0 Å². The molecule has 10 heteroatoms. The van der Waals surface area contributed by atoms with Crippen LogP contribution in [0.15, 0.2) is 61.2 Å². The lowest BCUT2D eigenvalue weighted by Gasteiger charge is -2.27. The molecule has 1 amide bonds. The van der Waals surface area contributed by atoms with Crippen LogP contribution < -0.4 is 15.5 Å². The van der Waals surface area contributed by atoms with Gasteiger partial charge in [0.2, 0.25) is 17.8 Å². The predicted octanol–water partition coefficient (Wildman–Crippen LogP) is 3.51. The number of imidazole rings is 1. The summed E-state index contributed by atoms with van der Waals surface area (Å²) in [6.07, 6.45) is 5.10. The number of carbonyl (C=O) groups is 1. The Morgan fingerprint density at radius 1 is 1.00 bits per heavy atom.